The van der Waals surface area contributed by atoms with Gasteiger partial charge in [-0.15, -0.1) is 10.2 Å². The first-order valence-electron chi connectivity index (χ1n) is 9.81. The molecule has 150 valence electrons. The monoisotopic (exact) mass is 391 g/mol. The minimum atomic E-state index is 0.256. The molecule has 0 unspecified atom stereocenters. The number of benzene rings is 1. The van der Waals surface area contributed by atoms with Crippen molar-refractivity contribution < 1.29 is 4.79 Å². The van der Waals surface area contributed by atoms with Crippen molar-refractivity contribution in [2.45, 2.75) is 32.5 Å². The van der Waals surface area contributed by atoms with Gasteiger partial charge in [0, 0.05) is 39.3 Å². The quantitative estimate of drug-likeness (QED) is 0.494. The van der Waals surface area contributed by atoms with E-state index in [1.807, 2.05) is 33.7 Å². The molecule has 2 N–H and O–H groups in total. The van der Waals surface area contributed by atoms with Crippen LogP contribution in [0, 0.1) is 0 Å². The highest BCUT2D eigenvalue weighted by Gasteiger charge is 2.19. The first-order valence-corrected chi connectivity index (χ1v) is 9.81. The highest BCUT2D eigenvalue weighted by atomic mass is 16.2. The first-order chi connectivity index (χ1) is 14.2. The van der Waals surface area contributed by atoms with E-state index >= 15 is 0 Å². The third-order valence-electron chi connectivity index (χ3n) is 5.05. The molecule has 1 amide bonds. The zero-order valence-corrected chi connectivity index (χ0v) is 16.5. The van der Waals surface area contributed by atoms with E-state index in [4.69, 9.17) is 0 Å². The van der Waals surface area contributed by atoms with Crippen molar-refractivity contribution in [2.24, 2.45) is 4.99 Å². The number of nitrogens with one attached hydrogen (secondary N) is 2. The lowest BCUT2D eigenvalue weighted by Crippen LogP contribution is -2.36. The number of nitrogens with zero attached hydrogens (tertiary/aromatic N) is 5. The van der Waals surface area contributed by atoms with Crippen LogP contribution in [0.5, 0.6) is 0 Å². The van der Waals surface area contributed by atoms with Crippen LogP contribution < -0.4 is 10.6 Å². The van der Waals surface area contributed by atoms with Gasteiger partial charge in [0.1, 0.15) is 0 Å². The predicted molar refractivity (Wildman–Crippen MR) is 111 cm³/mol. The Hall–Kier alpha value is -3.42. The number of aliphatic imine (C=N–C) groups is 1. The Bertz CT molecular complexity index is 1010. The van der Waals surface area contributed by atoms with Crippen LogP contribution in [0.4, 0.5) is 0 Å². The summed E-state index contributed by atoms with van der Waals surface area (Å²) in [6.07, 6.45) is 3.59. The normalized spacial score (nSPS) is 14.6. The largest absolute Gasteiger partial charge is 0.352 e. The van der Waals surface area contributed by atoms with Gasteiger partial charge in [-0.25, -0.2) is 0 Å². The summed E-state index contributed by atoms with van der Waals surface area (Å²) in [5.41, 5.74) is 3.13. The maximum atomic E-state index is 11.8. The molecule has 3 aromatic rings. The highest BCUT2D eigenvalue weighted by Crippen LogP contribution is 2.14. The fourth-order valence-electron chi connectivity index (χ4n) is 3.43. The van der Waals surface area contributed by atoms with Crippen molar-refractivity contribution in [1.29, 1.82) is 0 Å². The van der Waals surface area contributed by atoms with E-state index in [1.54, 1.807) is 7.05 Å². The molecule has 8 nitrogen and oxygen atoms in total. The van der Waals surface area contributed by atoms with E-state index in [0.717, 1.165) is 35.6 Å². The van der Waals surface area contributed by atoms with Gasteiger partial charge in [0.15, 0.2) is 17.4 Å². The number of pyridine rings is 1. The minimum Gasteiger partial charge on any atom is -0.352 e. The molecule has 3 heterocycles. The van der Waals surface area contributed by atoms with Crippen LogP contribution in [0.1, 0.15) is 29.8 Å². The van der Waals surface area contributed by atoms with Crippen LogP contribution in [0.3, 0.4) is 0 Å². The SMILES string of the molecule is CN=C(NCc1ccc(CN2CCCC2=O)cc1)NCc1nnc2ccccn12. The zero-order chi connectivity index (χ0) is 20.1. The van der Waals surface area contributed by atoms with Crippen molar-refractivity contribution in [3.8, 4) is 0 Å². The van der Waals surface area contributed by atoms with Gasteiger partial charge in [-0.3, -0.25) is 14.2 Å². The lowest BCUT2D eigenvalue weighted by molar-refractivity contribution is -0.128. The second-order valence-electron chi connectivity index (χ2n) is 7.06. The molecule has 1 aromatic carbocycles. The molecule has 1 aliphatic heterocycles. The van der Waals surface area contributed by atoms with E-state index < -0.39 is 0 Å². The van der Waals surface area contributed by atoms with Crippen LogP contribution in [0.2, 0.25) is 0 Å². The van der Waals surface area contributed by atoms with Gasteiger partial charge < -0.3 is 15.5 Å². The number of amides is 1. The van der Waals surface area contributed by atoms with Crippen molar-refractivity contribution in [3.05, 3.63) is 65.6 Å². The minimum absolute atomic E-state index is 0.256. The molecule has 0 atom stereocenters. The molecule has 8 heteroatoms. The van der Waals surface area contributed by atoms with Gasteiger partial charge in [0.2, 0.25) is 5.91 Å². The summed E-state index contributed by atoms with van der Waals surface area (Å²) >= 11 is 0. The second-order valence-corrected chi connectivity index (χ2v) is 7.06. The molecule has 1 aliphatic rings. The van der Waals surface area contributed by atoms with Gasteiger partial charge in [0.25, 0.3) is 0 Å². The number of carbonyl (C=O) groups is 1. The summed E-state index contributed by atoms with van der Waals surface area (Å²) in [4.78, 5) is 18.0. The molecule has 1 saturated heterocycles. The molecule has 0 saturated carbocycles. The van der Waals surface area contributed by atoms with E-state index in [2.05, 4.69) is 50.1 Å². The number of hydrogen-bond acceptors (Lipinski definition) is 4. The molecule has 1 fully saturated rings. The Labute approximate surface area is 169 Å². The molecule has 4 rings (SSSR count). The molecule has 0 aliphatic carbocycles. The van der Waals surface area contributed by atoms with Crippen LogP contribution in [0.15, 0.2) is 53.7 Å². The predicted octanol–water partition coefficient (Wildman–Crippen LogP) is 1.72. The van der Waals surface area contributed by atoms with Crippen LogP contribution in [0.25, 0.3) is 5.65 Å². The molecule has 2 aromatic heterocycles. The first kappa shape index (κ1) is 18.9. The van der Waals surface area contributed by atoms with Gasteiger partial charge in [-0.1, -0.05) is 30.3 Å². The number of guanidine groups is 1. The third-order valence-corrected chi connectivity index (χ3v) is 5.05. The topological polar surface area (TPSA) is 86.9 Å². The summed E-state index contributed by atoms with van der Waals surface area (Å²) < 4.78 is 1.95. The molecule has 29 heavy (non-hydrogen) atoms. The van der Waals surface area contributed by atoms with E-state index in [1.165, 1.54) is 0 Å². The number of aromatic nitrogens is 3. The van der Waals surface area contributed by atoms with Crippen molar-refractivity contribution >= 4 is 17.5 Å². The van der Waals surface area contributed by atoms with Crippen LogP contribution >= 0.6 is 0 Å². The van der Waals surface area contributed by atoms with Gasteiger partial charge in [0.05, 0.1) is 6.54 Å². The molecular formula is C21H25N7O. The highest BCUT2D eigenvalue weighted by molar-refractivity contribution is 5.79. The number of carbonyl (C=O) groups excluding carboxylic acids is 1. The van der Waals surface area contributed by atoms with Crippen molar-refractivity contribution in [3.63, 3.8) is 0 Å². The molecule has 0 spiro atoms. The lowest BCUT2D eigenvalue weighted by Gasteiger charge is -2.16. The summed E-state index contributed by atoms with van der Waals surface area (Å²) in [5, 5.41) is 15.0. The Kier molecular flexibility index (Phi) is 5.69. The van der Waals surface area contributed by atoms with Crippen molar-refractivity contribution in [2.75, 3.05) is 13.6 Å². The smallest absolute Gasteiger partial charge is 0.222 e. The third kappa shape index (κ3) is 4.53. The maximum Gasteiger partial charge on any atom is 0.222 e. The van der Waals surface area contributed by atoms with E-state index in [9.17, 15) is 4.79 Å². The van der Waals surface area contributed by atoms with Gasteiger partial charge in [-0.05, 0) is 29.7 Å². The van der Waals surface area contributed by atoms with Crippen LogP contribution in [-0.2, 0) is 24.4 Å². The molecule has 0 radical (unpaired) electrons. The van der Waals surface area contributed by atoms with Crippen molar-refractivity contribution in [1.82, 2.24) is 30.1 Å². The number of rotatable bonds is 6. The Morgan fingerprint density at radius 1 is 1.07 bits per heavy atom. The summed E-state index contributed by atoms with van der Waals surface area (Å²) in [6.45, 7) is 2.74. The van der Waals surface area contributed by atoms with Gasteiger partial charge in [-0.2, -0.15) is 0 Å². The molecular weight excluding hydrogens is 366 g/mol. The maximum absolute atomic E-state index is 11.8. The number of fused-ring (bicyclic) bond motifs is 1. The summed E-state index contributed by atoms with van der Waals surface area (Å²) in [5.74, 6) is 1.78. The summed E-state index contributed by atoms with van der Waals surface area (Å²) in [7, 11) is 1.74. The average molecular weight is 391 g/mol. The number of likely N-dealkylation sites (tertiary alicyclic amines) is 1. The molecule has 0 bridgehead atoms. The van der Waals surface area contributed by atoms with Gasteiger partial charge >= 0.3 is 0 Å². The fraction of sp³-hybridized carbons (Fsp3) is 0.333. The zero-order valence-electron chi connectivity index (χ0n) is 16.5. The van der Waals surface area contributed by atoms with Crippen LogP contribution in [-0.4, -0.2) is 45.0 Å². The Morgan fingerprint density at radius 3 is 2.62 bits per heavy atom. The lowest BCUT2D eigenvalue weighted by atomic mass is 10.1. The average Bonchev–Trinajstić information content (AvgIpc) is 3.35. The Balaban J connectivity index is 1.28. The van der Waals surface area contributed by atoms with E-state index in [-0.39, 0.29) is 5.91 Å². The standard InChI is InChI=1S/C21H25N7O/c1-22-21(24-14-19-26-25-18-5-2-3-12-28(18)19)23-13-16-7-9-17(10-8-16)15-27-11-4-6-20(27)29/h2-3,5,7-10,12H,4,6,11,13-15H2,1H3,(H2,22,23,24). The second kappa shape index (κ2) is 8.72. The fourth-order valence-corrected chi connectivity index (χ4v) is 3.43. The number of hydrogen-bond donors (Lipinski definition) is 2. The van der Waals surface area contributed by atoms with E-state index in [0.29, 0.717) is 32.0 Å². The Morgan fingerprint density at radius 2 is 1.86 bits per heavy atom. The summed E-state index contributed by atoms with van der Waals surface area (Å²) in [6, 6.07) is 14.2.